The van der Waals surface area contributed by atoms with Crippen LogP contribution in [0, 0.1) is 0 Å². The highest BCUT2D eigenvalue weighted by atomic mass is 79.9. The largest absolute Gasteiger partial charge is 0.492 e. The quantitative estimate of drug-likeness (QED) is 0.626. The number of anilines is 1. The molecule has 0 saturated heterocycles. The first kappa shape index (κ1) is 21.2. The number of sulfonamides is 1. The third kappa shape index (κ3) is 5.71. The number of hydrogen-bond acceptors (Lipinski definition) is 4. The summed E-state index contributed by atoms with van der Waals surface area (Å²) in [6.07, 6.45) is 0.832. The minimum atomic E-state index is -3.85. The van der Waals surface area contributed by atoms with Gasteiger partial charge in [0.25, 0.3) is 15.9 Å². The summed E-state index contributed by atoms with van der Waals surface area (Å²) < 4.78 is 34.1. The second-order valence-corrected chi connectivity index (χ2v) is 8.56. The Morgan fingerprint density at radius 2 is 1.81 bits per heavy atom. The molecule has 0 aliphatic carbocycles. The summed E-state index contributed by atoms with van der Waals surface area (Å²) in [4.78, 5) is 12.2. The topological polar surface area (TPSA) is 84.5 Å². The van der Waals surface area contributed by atoms with Gasteiger partial charge in [-0.15, -0.1) is 0 Å². The maximum Gasteiger partial charge on any atom is 0.265 e. The average molecular weight is 455 g/mol. The maximum absolute atomic E-state index is 12.8. The number of rotatable bonds is 8. The number of carbonyl (C=O) groups is 1. The molecule has 1 atom stereocenters. The molecule has 6 nitrogen and oxygen atoms in total. The first-order valence-corrected chi connectivity index (χ1v) is 10.9. The van der Waals surface area contributed by atoms with Crippen LogP contribution in [-0.2, 0) is 10.0 Å². The van der Waals surface area contributed by atoms with Gasteiger partial charge >= 0.3 is 0 Å². The van der Waals surface area contributed by atoms with Crippen LogP contribution in [0.2, 0.25) is 0 Å². The Morgan fingerprint density at radius 1 is 1.15 bits per heavy atom. The normalized spacial score (nSPS) is 12.3. The van der Waals surface area contributed by atoms with Gasteiger partial charge < -0.3 is 10.1 Å². The molecule has 0 radical (unpaired) electrons. The predicted molar refractivity (Wildman–Crippen MR) is 110 cm³/mol. The van der Waals surface area contributed by atoms with Crippen molar-refractivity contribution >= 4 is 37.5 Å². The molecule has 2 N–H and O–H groups in total. The van der Waals surface area contributed by atoms with Crippen molar-refractivity contribution in [3.63, 3.8) is 0 Å². The van der Waals surface area contributed by atoms with E-state index in [0.717, 1.165) is 6.42 Å². The van der Waals surface area contributed by atoms with Crippen molar-refractivity contribution in [3.8, 4) is 5.75 Å². The fraction of sp³-hybridized carbons (Fsp3) is 0.316. The lowest BCUT2D eigenvalue weighted by atomic mass is 10.1. The minimum Gasteiger partial charge on any atom is -0.492 e. The molecule has 1 unspecified atom stereocenters. The Labute approximate surface area is 168 Å². The van der Waals surface area contributed by atoms with Crippen molar-refractivity contribution in [1.82, 2.24) is 5.32 Å². The molecule has 0 fully saturated rings. The lowest BCUT2D eigenvalue weighted by Crippen LogP contribution is -2.31. The van der Waals surface area contributed by atoms with E-state index in [1.54, 1.807) is 43.3 Å². The SMILES string of the molecule is CCOc1ccc(Br)cc1S(=O)(=O)Nc1ccc(C(=O)NC(C)CC)cc1. The summed E-state index contributed by atoms with van der Waals surface area (Å²) in [6, 6.07) is 11.2. The number of nitrogens with one attached hydrogen (secondary N) is 2. The van der Waals surface area contributed by atoms with Gasteiger partial charge in [0, 0.05) is 21.8 Å². The fourth-order valence-corrected chi connectivity index (χ4v) is 4.02. The Hall–Kier alpha value is -2.06. The predicted octanol–water partition coefficient (Wildman–Crippen LogP) is 4.18. The zero-order valence-electron chi connectivity index (χ0n) is 15.5. The summed E-state index contributed by atoms with van der Waals surface area (Å²) in [5.41, 5.74) is 0.827. The molecule has 0 aromatic heterocycles. The van der Waals surface area contributed by atoms with E-state index in [4.69, 9.17) is 4.74 Å². The standard InChI is InChI=1S/C19H23BrN2O4S/c1-4-13(3)21-19(23)14-6-9-16(10-7-14)22-27(24,25)18-12-15(20)8-11-17(18)26-5-2/h6-13,22H,4-5H2,1-3H3,(H,21,23). The van der Waals surface area contributed by atoms with Crippen molar-refractivity contribution in [2.24, 2.45) is 0 Å². The van der Waals surface area contributed by atoms with E-state index in [2.05, 4.69) is 26.0 Å². The second-order valence-electron chi connectivity index (χ2n) is 5.99. The molecule has 2 aromatic rings. The van der Waals surface area contributed by atoms with Crippen molar-refractivity contribution in [2.75, 3.05) is 11.3 Å². The molecule has 0 heterocycles. The molecule has 0 saturated carbocycles. The van der Waals surface area contributed by atoms with Crippen LogP contribution in [0.5, 0.6) is 5.75 Å². The van der Waals surface area contributed by atoms with Crippen LogP contribution < -0.4 is 14.8 Å². The monoisotopic (exact) mass is 454 g/mol. The molecule has 0 bridgehead atoms. The molecule has 8 heteroatoms. The smallest absolute Gasteiger partial charge is 0.265 e. The zero-order valence-corrected chi connectivity index (χ0v) is 17.9. The highest BCUT2D eigenvalue weighted by Gasteiger charge is 2.20. The van der Waals surface area contributed by atoms with Gasteiger partial charge in [-0.25, -0.2) is 8.42 Å². The summed E-state index contributed by atoms with van der Waals surface area (Å²) in [6.45, 7) is 6.05. The Balaban J connectivity index is 2.21. The zero-order chi connectivity index (χ0) is 20.0. The van der Waals surface area contributed by atoms with E-state index >= 15 is 0 Å². The summed E-state index contributed by atoms with van der Waals surface area (Å²) in [5, 5.41) is 2.87. The van der Waals surface area contributed by atoms with Crippen molar-refractivity contribution in [3.05, 3.63) is 52.5 Å². The Kier molecular flexibility index (Phi) is 7.26. The van der Waals surface area contributed by atoms with Crippen LogP contribution in [0.25, 0.3) is 0 Å². The molecule has 0 spiro atoms. The van der Waals surface area contributed by atoms with E-state index < -0.39 is 10.0 Å². The van der Waals surface area contributed by atoms with Crippen molar-refractivity contribution in [2.45, 2.75) is 38.1 Å². The molecule has 1 amide bonds. The molecule has 0 aliphatic rings. The van der Waals surface area contributed by atoms with Gasteiger partial charge in [0.2, 0.25) is 0 Å². The van der Waals surface area contributed by atoms with Gasteiger partial charge in [0.1, 0.15) is 10.6 Å². The average Bonchev–Trinajstić information content (AvgIpc) is 2.63. The second kappa shape index (κ2) is 9.23. The highest BCUT2D eigenvalue weighted by Crippen LogP contribution is 2.29. The number of hydrogen-bond donors (Lipinski definition) is 2. The number of halogens is 1. The first-order valence-electron chi connectivity index (χ1n) is 8.63. The van der Waals surface area contributed by atoms with Gasteiger partial charge in [-0.3, -0.25) is 9.52 Å². The Morgan fingerprint density at radius 3 is 2.41 bits per heavy atom. The third-order valence-corrected chi connectivity index (χ3v) is 5.78. The lowest BCUT2D eigenvalue weighted by Gasteiger charge is -2.14. The number of carbonyl (C=O) groups excluding carboxylic acids is 1. The number of amides is 1. The van der Waals surface area contributed by atoms with Gasteiger partial charge in [0.15, 0.2) is 0 Å². The summed E-state index contributed by atoms with van der Waals surface area (Å²) in [7, 11) is -3.85. The maximum atomic E-state index is 12.8. The van der Waals surface area contributed by atoms with Gasteiger partial charge in [-0.2, -0.15) is 0 Å². The lowest BCUT2D eigenvalue weighted by molar-refractivity contribution is 0.0939. The molecule has 146 valence electrons. The Bertz CT molecular complexity index is 898. The number of benzene rings is 2. The summed E-state index contributed by atoms with van der Waals surface area (Å²) in [5.74, 6) is 0.0853. The minimum absolute atomic E-state index is 0.0392. The highest BCUT2D eigenvalue weighted by molar-refractivity contribution is 9.10. The molecular weight excluding hydrogens is 432 g/mol. The molecular formula is C19H23BrN2O4S. The van der Waals surface area contributed by atoms with Crippen LogP contribution >= 0.6 is 15.9 Å². The number of ether oxygens (including phenoxy) is 1. The molecule has 2 aromatic carbocycles. The van der Waals surface area contributed by atoms with Crippen LogP contribution in [-0.4, -0.2) is 27.0 Å². The van der Waals surface area contributed by atoms with Crippen LogP contribution in [0.4, 0.5) is 5.69 Å². The molecule has 2 rings (SSSR count). The molecule has 27 heavy (non-hydrogen) atoms. The van der Waals surface area contributed by atoms with E-state index in [1.807, 2.05) is 13.8 Å². The van der Waals surface area contributed by atoms with E-state index in [9.17, 15) is 13.2 Å². The first-order chi connectivity index (χ1) is 12.8. The van der Waals surface area contributed by atoms with Crippen LogP contribution in [0.3, 0.4) is 0 Å². The van der Waals surface area contributed by atoms with Crippen LogP contribution in [0.15, 0.2) is 51.8 Å². The third-order valence-electron chi connectivity index (χ3n) is 3.88. The van der Waals surface area contributed by atoms with Crippen LogP contribution in [0.1, 0.15) is 37.6 Å². The van der Waals surface area contributed by atoms with Gasteiger partial charge in [-0.1, -0.05) is 22.9 Å². The van der Waals surface area contributed by atoms with Gasteiger partial charge in [0.05, 0.1) is 6.61 Å². The van der Waals surface area contributed by atoms with Crippen molar-refractivity contribution < 1.29 is 17.9 Å². The molecule has 0 aliphatic heterocycles. The van der Waals surface area contributed by atoms with E-state index in [-0.39, 0.29) is 22.6 Å². The van der Waals surface area contributed by atoms with Crippen molar-refractivity contribution in [1.29, 1.82) is 0 Å². The summed E-state index contributed by atoms with van der Waals surface area (Å²) >= 11 is 3.28. The van der Waals surface area contributed by atoms with Gasteiger partial charge in [-0.05, 0) is 62.7 Å². The fourth-order valence-electron chi connectivity index (χ4n) is 2.28. The van der Waals surface area contributed by atoms with E-state index in [0.29, 0.717) is 22.3 Å². The van der Waals surface area contributed by atoms with E-state index in [1.165, 1.54) is 6.07 Å².